The second-order valence-corrected chi connectivity index (χ2v) is 4.24. The van der Waals surface area contributed by atoms with Crippen molar-refractivity contribution < 1.29 is 4.79 Å². The van der Waals surface area contributed by atoms with Gasteiger partial charge in [-0.2, -0.15) is 5.10 Å². The van der Waals surface area contributed by atoms with Crippen molar-refractivity contribution >= 4 is 11.6 Å². The summed E-state index contributed by atoms with van der Waals surface area (Å²) in [6.07, 6.45) is 3.16. The van der Waals surface area contributed by atoms with E-state index in [-0.39, 0.29) is 5.91 Å². The topological polar surface area (TPSA) is 94.9 Å². The fourth-order valence-electron chi connectivity index (χ4n) is 2.11. The van der Waals surface area contributed by atoms with Gasteiger partial charge in [0.25, 0.3) is 5.91 Å². The second kappa shape index (κ2) is 3.83. The Balaban J connectivity index is 1.87. The number of anilines is 1. The van der Waals surface area contributed by atoms with Crippen molar-refractivity contribution in [1.29, 1.82) is 0 Å². The Morgan fingerprint density at radius 3 is 3.00 bits per heavy atom. The molecule has 0 atom stereocenters. The van der Waals surface area contributed by atoms with E-state index in [1.54, 1.807) is 18.3 Å². The fraction of sp³-hybridized carbons (Fsp3) is 0.400. The number of aromatic nitrogens is 5. The highest BCUT2D eigenvalue weighted by molar-refractivity contribution is 5.97. The zero-order valence-corrected chi connectivity index (χ0v) is 9.94. The molecule has 0 spiro atoms. The number of hydrogen-bond donors (Lipinski definition) is 1. The summed E-state index contributed by atoms with van der Waals surface area (Å²) >= 11 is 0. The summed E-state index contributed by atoms with van der Waals surface area (Å²) < 4.78 is 3.44. The Morgan fingerprint density at radius 1 is 1.44 bits per heavy atom. The van der Waals surface area contributed by atoms with Crippen LogP contribution in [0.25, 0.3) is 0 Å². The molecule has 94 valence electrons. The number of fused-ring (bicyclic) bond motifs is 1. The van der Waals surface area contributed by atoms with Crippen LogP contribution in [-0.4, -0.2) is 41.9 Å². The van der Waals surface area contributed by atoms with E-state index in [0.29, 0.717) is 31.0 Å². The number of carbonyl (C=O) groups excluding carboxylic acids is 1. The Kier molecular flexibility index (Phi) is 2.29. The average molecular weight is 247 g/mol. The number of hydrogen-bond acceptors (Lipinski definition) is 5. The van der Waals surface area contributed by atoms with E-state index < -0.39 is 0 Å². The monoisotopic (exact) mass is 247 g/mol. The van der Waals surface area contributed by atoms with E-state index >= 15 is 0 Å². The van der Waals surface area contributed by atoms with Crippen molar-refractivity contribution in [2.45, 2.75) is 13.1 Å². The molecule has 0 fully saturated rings. The summed E-state index contributed by atoms with van der Waals surface area (Å²) in [5.41, 5.74) is 6.58. The van der Waals surface area contributed by atoms with Crippen LogP contribution < -0.4 is 5.73 Å². The molecule has 1 aliphatic rings. The standard InChI is InChI=1S/C10H13N7O/c1-15-9(7(11)4-13-15)10(18)16-2-3-17-6-12-14-8(17)5-16/h4,6H,2-3,5,11H2,1H3. The van der Waals surface area contributed by atoms with Crippen LogP contribution >= 0.6 is 0 Å². The molecule has 0 aromatic carbocycles. The number of rotatable bonds is 1. The van der Waals surface area contributed by atoms with Crippen molar-refractivity contribution in [3.05, 3.63) is 24.0 Å². The molecule has 18 heavy (non-hydrogen) atoms. The minimum absolute atomic E-state index is 0.123. The minimum Gasteiger partial charge on any atom is -0.396 e. The van der Waals surface area contributed by atoms with Crippen LogP contribution in [0.5, 0.6) is 0 Å². The molecule has 3 heterocycles. The SMILES string of the molecule is Cn1ncc(N)c1C(=O)N1CCn2cnnc2C1. The Bertz CT molecular complexity index is 580. The van der Waals surface area contributed by atoms with E-state index in [0.717, 1.165) is 5.82 Å². The van der Waals surface area contributed by atoms with Gasteiger partial charge in [-0.15, -0.1) is 10.2 Å². The summed E-state index contributed by atoms with van der Waals surface area (Å²) in [7, 11) is 1.70. The van der Waals surface area contributed by atoms with E-state index in [1.807, 2.05) is 4.57 Å². The summed E-state index contributed by atoms with van der Waals surface area (Å²) in [6, 6.07) is 0. The number of nitrogen functional groups attached to an aromatic ring is 1. The molecule has 3 rings (SSSR count). The van der Waals surface area contributed by atoms with Crippen LogP contribution in [0, 0.1) is 0 Å². The lowest BCUT2D eigenvalue weighted by Crippen LogP contribution is -2.39. The number of amides is 1. The zero-order chi connectivity index (χ0) is 12.7. The first-order chi connectivity index (χ1) is 8.66. The lowest BCUT2D eigenvalue weighted by molar-refractivity contribution is 0.0697. The van der Waals surface area contributed by atoms with E-state index in [1.165, 1.54) is 10.9 Å². The number of aryl methyl sites for hydroxylation is 1. The van der Waals surface area contributed by atoms with E-state index in [4.69, 9.17) is 5.73 Å². The first kappa shape index (κ1) is 10.8. The Morgan fingerprint density at radius 2 is 2.28 bits per heavy atom. The third kappa shape index (κ3) is 1.53. The third-order valence-corrected chi connectivity index (χ3v) is 3.10. The fourth-order valence-corrected chi connectivity index (χ4v) is 2.11. The number of nitrogens with two attached hydrogens (primary N) is 1. The van der Waals surface area contributed by atoms with Crippen LogP contribution in [0.2, 0.25) is 0 Å². The molecule has 0 radical (unpaired) electrons. The van der Waals surface area contributed by atoms with Gasteiger partial charge in [0.1, 0.15) is 12.0 Å². The van der Waals surface area contributed by atoms with Crippen LogP contribution in [-0.2, 0) is 20.1 Å². The molecule has 2 aromatic heterocycles. The lowest BCUT2D eigenvalue weighted by Gasteiger charge is -2.27. The van der Waals surface area contributed by atoms with E-state index in [2.05, 4.69) is 15.3 Å². The molecule has 1 aliphatic heterocycles. The van der Waals surface area contributed by atoms with Crippen LogP contribution in [0.3, 0.4) is 0 Å². The Labute approximate surface area is 103 Å². The number of carbonyl (C=O) groups is 1. The van der Waals surface area contributed by atoms with Gasteiger partial charge in [0.15, 0.2) is 5.82 Å². The molecule has 2 aromatic rings. The third-order valence-electron chi connectivity index (χ3n) is 3.10. The molecule has 0 bridgehead atoms. The first-order valence-corrected chi connectivity index (χ1v) is 5.60. The molecule has 0 saturated heterocycles. The molecule has 1 amide bonds. The van der Waals surface area contributed by atoms with Gasteiger partial charge in [-0.1, -0.05) is 0 Å². The molecule has 2 N–H and O–H groups in total. The summed E-state index contributed by atoms with van der Waals surface area (Å²) in [5, 5.41) is 11.8. The predicted molar refractivity (Wildman–Crippen MR) is 62.4 cm³/mol. The van der Waals surface area contributed by atoms with Crippen LogP contribution in [0.1, 0.15) is 16.3 Å². The summed E-state index contributed by atoms with van der Waals surface area (Å²) in [4.78, 5) is 14.1. The highest BCUT2D eigenvalue weighted by Crippen LogP contribution is 2.16. The van der Waals surface area contributed by atoms with Crippen molar-refractivity contribution in [2.24, 2.45) is 7.05 Å². The van der Waals surface area contributed by atoms with Crippen molar-refractivity contribution in [1.82, 2.24) is 29.4 Å². The molecule has 0 saturated carbocycles. The summed E-state index contributed by atoms with van der Waals surface area (Å²) in [5.74, 6) is 0.664. The van der Waals surface area contributed by atoms with Gasteiger partial charge in [-0.05, 0) is 0 Å². The van der Waals surface area contributed by atoms with Gasteiger partial charge in [-0.3, -0.25) is 9.48 Å². The van der Waals surface area contributed by atoms with Gasteiger partial charge in [0, 0.05) is 20.1 Å². The second-order valence-electron chi connectivity index (χ2n) is 4.24. The van der Waals surface area contributed by atoms with Crippen molar-refractivity contribution in [3.8, 4) is 0 Å². The first-order valence-electron chi connectivity index (χ1n) is 5.60. The molecule has 8 nitrogen and oxygen atoms in total. The van der Waals surface area contributed by atoms with Gasteiger partial charge in [-0.25, -0.2) is 0 Å². The van der Waals surface area contributed by atoms with Crippen LogP contribution in [0.4, 0.5) is 5.69 Å². The van der Waals surface area contributed by atoms with Gasteiger partial charge in [0.2, 0.25) is 0 Å². The smallest absolute Gasteiger partial charge is 0.274 e. The minimum atomic E-state index is -0.123. The average Bonchev–Trinajstić information content (AvgIpc) is 2.94. The molecule has 0 aliphatic carbocycles. The largest absolute Gasteiger partial charge is 0.396 e. The summed E-state index contributed by atoms with van der Waals surface area (Å²) in [6.45, 7) is 1.77. The van der Waals surface area contributed by atoms with Crippen molar-refractivity contribution in [3.63, 3.8) is 0 Å². The molecule has 0 unspecified atom stereocenters. The van der Waals surface area contributed by atoms with Gasteiger partial charge in [0.05, 0.1) is 18.4 Å². The lowest BCUT2D eigenvalue weighted by atomic mass is 10.2. The highest BCUT2D eigenvalue weighted by Gasteiger charge is 2.26. The van der Waals surface area contributed by atoms with E-state index in [9.17, 15) is 4.79 Å². The van der Waals surface area contributed by atoms with Crippen molar-refractivity contribution in [2.75, 3.05) is 12.3 Å². The highest BCUT2D eigenvalue weighted by atomic mass is 16.2. The molecule has 8 heteroatoms. The maximum absolute atomic E-state index is 12.4. The van der Waals surface area contributed by atoms with Gasteiger partial charge >= 0.3 is 0 Å². The molecular formula is C10H13N7O. The normalized spacial score (nSPS) is 14.6. The zero-order valence-electron chi connectivity index (χ0n) is 9.94. The molecular weight excluding hydrogens is 234 g/mol. The maximum Gasteiger partial charge on any atom is 0.274 e. The van der Waals surface area contributed by atoms with Crippen LogP contribution in [0.15, 0.2) is 12.5 Å². The maximum atomic E-state index is 12.4. The van der Waals surface area contributed by atoms with Gasteiger partial charge < -0.3 is 15.2 Å². The Hall–Kier alpha value is -2.38. The predicted octanol–water partition coefficient (Wildman–Crippen LogP) is -0.750. The number of nitrogens with zero attached hydrogens (tertiary/aromatic N) is 6. The quantitative estimate of drug-likeness (QED) is 0.715.